The summed E-state index contributed by atoms with van der Waals surface area (Å²) in [6.45, 7) is 0.669. The predicted molar refractivity (Wildman–Crippen MR) is 120 cm³/mol. The van der Waals surface area contributed by atoms with Gasteiger partial charge in [-0.3, -0.25) is 9.59 Å². The smallest absolute Gasteiger partial charge is 0.243 e. The van der Waals surface area contributed by atoms with Crippen LogP contribution in [0.3, 0.4) is 0 Å². The van der Waals surface area contributed by atoms with Gasteiger partial charge in [0.15, 0.2) is 0 Å². The standard InChI is InChI=1S/C22H26ClN3O3.ClH/c23-17-9-11-20(27)16(13-17)14-25-21(28)19-7-4-12-26(19)22(29)18(24)10-8-15-5-2-1-3-6-15;/h1-3,5-6,9,11,13,18-19,27H,4,7-8,10,12,14,24H2,(H,25,28);1H. The fraction of sp³-hybridized carbons (Fsp3) is 0.364. The fourth-order valence-electron chi connectivity index (χ4n) is 3.60. The number of phenolic OH excluding ortho intramolecular Hbond substituents is 1. The molecule has 2 amide bonds. The average molecular weight is 452 g/mol. The Bertz CT molecular complexity index is 864. The molecule has 162 valence electrons. The molecule has 0 spiro atoms. The van der Waals surface area contributed by atoms with Crippen molar-refractivity contribution in [3.63, 3.8) is 0 Å². The van der Waals surface area contributed by atoms with Gasteiger partial charge in [0.05, 0.1) is 6.04 Å². The molecular formula is C22H27Cl2N3O3. The number of carbonyl (C=O) groups excluding carboxylic acids is 2. The van der Waals surface area contributed by atoms with Gasteiger partial charge >= 0.3 is 0 Å². The van der Waals surface area contributed by atoms with E-state index in [-0.39, 0.29) is 36.5 Å². The van der Waals surface area contributed by atoms with Gasteiger partial charge in [-0.1, -0.05) is 41.9 Å². The van der Waals surface area contributed by atoms with Crippen LogP contribution in [-0.2, 0) is 22.6 Å². The van der Waals surface area contributed by atoms with Crippen molar-refractivity contribution in [3.05, 3.63) is 64.7 Å². The number of hydrogen-bond donors (Lipinski definition) is 3. The first-order valence-electron chi connectivity index (χ1n) is 9.81. The molecule has 0 saturated carbocycles. The number of benzene rings is 2. The van der Waals surface area contributed by atoms with E-state index in [0.29, 0.717) is 36.4 Å². The highest BCUT2D eigenvalue weighted by molar-refractivity contribution is 6.30. The van der Waals surface area contributed by atoms with E-state index in [9.17, 15) is 14.7 Å². The van der Waals surface area contributed by atoms with E-state index in [1.54, 1.807) is 17.0 Å². The van der Waals surface area contributed by atoms with E-state index < -0.39 is 12.1 Å². The Morgan fingerprint density at radius 3 is 2.70 bits per heavy atom. The normalized spacial score (nSPS) is 16.6. The van der Waals surface area contributed by atoms with Crippen LogP contribution in [0.4, 0.5) is 0 Å². The lowest BCUT2D eigenvalue weighted by Crippen LogP contribution is -2.51. The van der Waals surface area contributed by atoms with Crippen LogP contribution in [0, 0.1) is 0 Å². The second-order valence-corrected chi connectivity index (χ2v) is 7.75. The number of nitrogens with zero attached hydrogens (tertiary/aromatic N) is 1. The Labute approximate surface area is 187 Å². The lowest BCUT2D eigenvalue weighted by molar-refractivity contribution is -0.139. The third kappa shape index (κ3) is 6.11. The van der Waals surface area contributed by atoms with Crippen molar-refractivity contribution in [3.8, 4) is 5.75 Å². The van der Waals surface area contributed by atoms with Crippen molar-refractivity contribution < 1.29 is 14.7 Å². The van der Waals surface area contributed by atoms with E-state index >= 15 is 0 Å². The minimum atomic E-state index is -0.638. The maximum absolute atomic E-state index is 12.8. The molecule has 2 aromatic carbocycles. The number of halogens is 2. The largest absolute Gasteiger partial charge is 0.508 e. The molecule has 3 rings (SSSR count). The molecular weight excluding hydrogens is 425 g/mol. The predicted octanol–water partition coefficient (Wildman–Crippen LogP) is 3.03. The Balaban J connectivity index is 0.00000320. The van der Waals surface area contributed by atoms with Gasteiger partial charge in [-0.2, -0.15) is 0 Å². The van der Waals surface area contributed by atoms with Crippen LogP contribution in [0.5, 0.6) is 5.75 Å². The van der Waals surface area contributed by atoms with Crippen molar-refractivity contribution in [2.24, 2.45) is 5.73 Å². The third-order valence-electron chi connectivity index (χ3n) is 5.24. The van der Waals surface area contributed by atoms with E-state index in [1.807, 2.05) is 30.3 Å². The Kier molecular flexibility index (Phi) is 8.96. The zero-order valence-corrected chi connectivity index (χ0v) is 18.2. The van der Waals surface area contributed by atoms with Crippen LogP contribution in [0.2, 0.25) is 5.02 Å². The molecule has 0 bridgehead atoms. The van der Waals surface area contributed by atoms with Crippen LogP contribution >= 0.6 is 24.0 Å². The van der Waals surface area contributed by atoms with Gasteiger partial charge in [-0.15, -0.1) is 12.4 Å². The minimum Gasteiger partial charge on any atom is -0.508 e. The molecule has 2 unspecified atom stereocenters. The van der Waals surface area contributed by atoms with Crippen LogP contribution in [0.1, 0.15) is 30.4 Å². The van der Waals surface area contributed by atoms with E-state index in [1.165, 1.54) is 6.07 Å². The van der Waals surface area contributed by atoms with E-state index in [0.717, 1.165) is 12.0 Å². The van der Waals surface area contributed by atoms with Gasteiger partial charge < -0.3 is 21.1 Å². The highest BCUT2D eigenvalue weighted by Crippen LogP contribution is 2.22. The number of phenols is 1. The van der Waals surface area contributed by atoms with Crippen molar-refractivity contribution in [1.82, 2.24) is 10.2 Å². The topological polar surface area (TPSA) is 95.7 Å². The number of likely N-dealkylation sites (tertiary alicyclic amines) is 1. The lowest BCUT2D eigenvalue weighted by Gasteiger charge is -2.26. The number of nitrogens with one attached hydrogen (secondary N) is 1. The Hall–Kier alpha value is -2.28. The quantitative estimate of drug-likeness (QED) is 0.602. The number of nitrogens with two attached hydrogens (primary N) is 1. The number of hydrogen-bond acceptors (Lipinski definition) is 4. The van der Waals surface area contributed by atoms with Crippen LogP contribution < -0.4 is 11.1 Å². The van der Waals surface area contributed by atoms with Crippen LogP contribution in [0.15, 0.2) is 48.5 Å². The number of aryl methyl sites for hydroxylation is 1. The molecule has 4 N–H and O–H groups in total. The van der Waals surface area contributed by atoms with Gasteiger partial charge in [0.1, 0.15) is 11.8 Å². The van der Waals surface area contributed by atoms with E-state index in [4.69, 9.17) is 17.3 Å². The molecule has 2 atom stereocenters. The molecule has 0 aromatic heterocycles. The van der Waals surface area contributed by atoms with Gasteiger partial charge in [0.2, 0.25) is 11.8 Å². The molecule has 1 heterocycles. The zero-order chi connectivity index (χ0) is 20.8. The molecule has 0 radical (unpaired) electrons. The maximum atomic E-state index is 12.8. The molecule has 6 nitrogen and oxygen atoms in total. The molecule has 1 aliphatic heterocycles. The number of rotatable bonds is 7. The zero-order valence-electron chi connectivity index (χ0n) is 16.6. The van der Waals surface area contributed by atoms with Crippen molar-refractivity contribution in [1.29, 1.82) is 0 Å². The molecule has 1 aliphatic rings. The van der Waals surface area contributed by atoms with Crippen molar-refractivity contribution >= 4 is 35.8 Å². The molecule has 1 saturated heterocycles. The average Bonchev–Trinajstić information content (AvgIpc) is 3.22. The molecule has 0 aliphatic carbocycles. The fourth-order valence-corrected chi connectivity index (χ4v) is 3.80. The maximum Gasteiger partial charge on any atom is 0.243 e. The lowest BCUT2D eigenvalue weighted by atomic mass is 10.0. The summed E-state index contributed by atoms with van der Waals surface area (Å²) in [5.74, 6) is -0.369. The summed E-state index contributed by atoms with van der Waals surface area (Å²) in [4.78, 5) is 27.1. The highest BCUT2D eigenvalue weighted by atomic mass is 35.5. The molecule has 8 heteroatoms. The summed E-state index contributed by atoms with van der Waals surface area (Å²) in [6.07, 6.45) is 2.61. The molecule has 1 fully saturated rings. The highest BCUT2D eigenvalue weighted by Gasteiger charge is 2.35. The number of carbonyl (C=O) groups is 2. The second-order valence-electron chi connectivity index (χ2n) is 7.31. The summed E-state index contributed by atoms with van der Waals surface area (Å²) in [5.41, 5.74) is 7.80. The van der Waals surface area contributed by atoms with Crippen molar-refractivity contribution in [2.75, 3.05) is 6.54 Å². The van der Waals surface area contributed by atoms with E-state index in [2.05, 4.69) is 5.32 Å². The number of aromatic hydroxyl groups is 1. The summed E-state index contributed by atoms with van der Waals surface area (Å²) < 4.78 is 0. The SMILES string of the molecule is Cl.NC(CCc1ccccc1)C(=O)N1CCCC1C(=O)NCc1cc(Cl)ccc1O. The van der Waals surface area contributed by atoms with Crippen molar-refractivity contribution in [2.45, 2.75) is 44.3 Å². The summed E-state index contributed by atoms with van der Waals surface area (Å²) in [5, 5.41) is 13.2. The summed E-state index contributed by atoms with van der Waals surface area (Å²) in [6, 6.07) is 13.4. The van der Waals surface area contributed by atoms with Crippen LogP contribution in [-0.4, -0.2) is 40.4 Å². The third-order valence-corrected chi connectivity index (χ3v) is 5.47. The Morgan fingerprint density at radius 2 is 1.97 bits per heavy atom. The molecule has 30 heavy (non-hydrogen) atoms. The Morgan fingerprint density at radius 1 is 1.23 bits per heavy atom. The second kappa shape index (κ2) is 11.2. The first kappa shape index (κ1) is 24.0. The number of amides is 2. The summed E-state index contributed by atoms with van der Waals surface area (Å²) >= 11 is 5.94. The minimum absolute atomic E-state index is 0. The van der Waals surface area contributed by atoms with Gasteiger partial charge in [0, 0.05) is 23.7 Å². The first-order valence-corrected chi connectivity index (χ1v) is 10.2. The van der Waals surface area contributed by atoms with Crippen LogP contribution in [0.25, 0.3) is 0 Å². The monoisotopic (exact) mass is 451 g/mol. The van der Waals surface area contributed by atoms with Gasteiger partial charge in [-0.25, -0.2) is 0 Å². The van der Waals surface area contributed by atoms with Gasteiger partial charge in [-0.05, 0) is 49.4 Å². The summed E-state index contributed by atoms with van der Waals surface area (Å²) in [7, 11) is 0. The molecule has 2 aromatic rings. The first-order chi connectivity index (χ1) is 14.0. The van der Waals surface area contributed by atoms with Gasteiger partial charge in [0.25, 0.3) is 0 Å².